The quantitative estimate of drug-likeness (QED) is 0.651. The number of imide groups is 1. The summed E-state index contributed by atoms with van der Waals surface area (Å²) < 4.78 is 1.08. The third-order valence-electron chi connectivity index (χ3n) is 5.72. The number of rotatable bonds is 4. The maximum absolute atomic E-state index is 11.4. The number of benzene rings is 1. The van der Waals surface area contributed by atoms with E-state index < -0.39 is 17.6 Å². The molecule has 1 heterocycles. The van der Waals surface area contributed by atoms with Crippen LogP contribution in [0.1, 0.15) is 58.5 Å². The van der Waals surface area contributed by atoms with Crippen LogP contribution in [0.4, 0.5) is 9.59 Å². The smallest absolute Gasteiger partial charge is 0.416 e. The molecule has 0 radical (unpaired) electrons. The van der Waals surface area contributed by atoms with E-state index in [0.29, 0.717) is 11.3 Å². The predicted octanol–water partition coefficient (Wildman–Crippen LogP) is 5.98. The standard InChI is InChI=1S/C21H30N2O4S/c1-13-22-15-9-8-14(12-16(15)28-13)21(19(2,3)4,20(5,6)7)10-11-23(17(24)25)18(26)27/h8-9,12H,10-11H2,1-7H3,(H,24,25)(H,26,27). The monoisotopic (exact) mass is 406 g/mol. The van der Waals surface area contributed by atoms with Gasteiger partial charge in [0.05, 0.1) is 15.2 Å². The van der Waals surface area contributed by atoms with Gasteiger partial charge in [-0.05, 0) is 41.9 Å². The number of hydrogen-bond donors (Lipinski definition) is 2. The van der Waals surface area contributed by atoms with Gasteiger partial charge in [0, 0.05) is 12.0 Å². The number of aromatic nitrogens is 1. The second-order valence-electron chi connectivity index (χ2n) is 9.29. The number of carboxylic acid groups (broad SMARTS) is 2. The molecule has 28 heavy (non-hydrogen) atoms. The Morgan fingerprint density at radius 3 is 2.04 bits per heavy atom. The normalized spacial score (nSPS) is 13.0. The van der Waals surface area contributed by atoms with Crippen LogP contribution < -0.4 is 0 Å². The average molecular weight is 407 g/mol. The van der Waals surface area contributed by atoms with Crippen molar-refractivity contribution >= 4 is 33.7 Å². The van der Waals surface area contributed by atoms with E-state index >= 15 is 0 Å². The lowest BCUT2D eigenvalue weighted by molar-refractivity contribution is 0.0324. The third-order valence-corrected chi connectivity index (χ3v) is 6.65. The zero-order valence-corrected chi connectivity index (χ0v) is 18.5. The molecular formula is C21H30N2O4S. The fourth-order valence-corrected chi connectivity index (χ4v) is 5.61. The van der Waals surface area contributed by atoms with Crippen LogP contribution in [0.25, 0.3) is 10.2 Å². The molecular weight excluding hydrogens is 376 g/mol. The maximum Gasteiger partial charge on any atom is 0.416 e. The van der Waals surface area contributed by atoms with Crippen LogP contribution in [0.5, 0.6) is 0 Å². The van der Waals surface area contributed by atoms with Gasteiger partial charge in [0.15, 0.2) is 0 Å². The molecule has 0 aliphatic heterocycles. The van der Waals surface area contributed by atoms with Gasteiger partial charge in [-0.15, -0.1) is 11.3 Å². The average Bonchev–Trinajstić information content (AvgIpc) is 2.87. The van der Waals surface area contributed by atoms with E-state index in [2.05, 4.69) is 58.7 Å². The Labute approximate surface area is 170 Å². The van der Waals surface area contributed by atoms with Crippen molar-refractivity contribution in [1.29, 1.82) is 0 Å². The summed E-state index contributed by atoms with van der Waals surface area (Å²) in [7, 11) is 0. The van der Waals surface area contributed by atoms with Crippen molar-refractivity contribution in [2.45, 2.75) is 60.3 Å². The number of fused-ring (bicyclic) bond motifs is 1. The highest BCUT2D eigenvalue weighted by Gasteiger charge is 2.51. The van der Waals surface area contributed by atoms with E-state index in [9.17, 15) is 19.8 Å². The van der Waals surface area contributed by atoms with Crippen LogP contribution in [0.15, 0.2) is 18.2 Å². The van der Waals surface area contributed by atoms with Gasteiger partial charge in [0.2, 0.25) is 0 Å². The highest BCUT2D eigenvalue weighted by molar-refractivity contribution is 7.18. The maximum atomic E-state index is 11.4. The van der Waals surface area contributed by atoms with E-state index in [-0.39, 0.29) is 17.4 Å². The number of carbonyl (C=O) groups is 2. The Morgan fingerprint density at radius 1 is 1.04 bits per heavy atom. The molecule has 1 aromatic heterocycles. The number of nitrogens with zero attached hydrogens (tertiary/aromatic N) is 2. The Balaban J connectivity index is 2.66. The van der Waals surface area contributed by atoms with Crippen molar-refractivity contribution in [2.24, 2.45) is 10.8 Å². The van der Waals surface area contributed by atoms with Gasteiger partial charge in [0.25, 0.3) is 0 Å². The fraction of sp³-hybridized carbons (Fsp3) is 0.571. The Morgan fingerprint density at radius 2 is 1.57 bits per heavy atom. The van der Waals surface area contributed by atoms with Gasteiger partial charge >= 0.3 is 12.2 Å². The fourth-order valence-electron chi connectivity index (χ4n) is 4.74. The van der Waals surface area contributed by atoms with Crippen molar-refractivity contribution in [1.82, 2.24) is 9.88 Å². The first kappa shape index (κ1) is 22.1. The second-order valence-corrected chi connectivity index (χ2v) is 10.5. The SMILES string of the molecule is Cc1nc2ccc(C(CCN(C(=O)O)C(=O)O)(C(C)(C)C)C(C)(C)C)cc2s1. The van der Waals surface area contributed by atoms with Crippen LogP contribution in [-0.2, 0) is 5.41 Å². The van der Waals surface area contributed by atoms with Crippen LogP contribution in [0.2, 0.25) is 0 Å². The highest BCUT2D eigenvalue weighted by Crippen LogP contribution is 2.56. The summed E-state index contributed by atoms with van der Waals surface area (Å²) >= 11 is 1.63. The van der Waals surface area contributed by atoms with Gasteiger partial charge in [-0.2, -0.15) is 0 Å². The summed E-state index contributed by atoms with van der Waals surface area (Å²) in [6, 6.07) is 6.21. The number of thiazole rings is 1. The first-order valence-electron chi connectivity index (χ1n) is 9.32. The van der Waals surface area contributed by atoms with Crippen LogP contribution in [0.3, 0.4) is 0 Å². The molecule has 0 aliphatic carbocycles. The molecule has 1 aromatic carbocycles. The molecule has 0 spiro atoms. The van der Waals surface area contributed by atoms with Crippen molar-refractivity contribution in [3.63, 3.8) is 0 Å². The number of aryl methyl sites for hydroxylation is 1. The molecule has 2 aromatic rings. The lowest BCUT2D eigenvalue weighted by Crippen LogP contribution is -2.52. The minimum absolute atomic E-state index is 0.0844. The zero-order valence-electron chi connectivity index (χ0n) is 17.7. The van der Waals surface area contributed by atoms with Crippen LogP contribution in [0, 0.1) is 17.8 Å². The molecule has 2 rings (SSSR count). The molecule has 0 saturated carbocycles. The molecule has 154 valence electrons. The van der Waals surface area contributed by atoms with Crippen LogP contribution >= 0.6 is 11.3 Å². The molecule has 0 aliphatic rings. The Kier molecular flexibility index (Phi) is 5.81. The minimum atomic E-state index is -1.45. The third kappa shape index (κ3) is 3.85. The summed E-state index contributed by atoms with van der Waals surface area (Å²) in [6.07, 6.45) is -2.50. The predicted molar refractivity (Wildman–Crippen MR) is 112 cm³/mol. The Bertz CT molecular complexity index is 862. The first-order chi connectivity index (χ1) is 12.7. The zero-order chi connectivity index (χ0) is 21.5. The van der Waals surface area contributed by atoms with Crippen molar-refractivity contribution < 1.29 is 19.8 Å². The number of hydrogen-bond acceptors (Lipinski definition) is 4. The highest BCUT2D eigenvalue weighted by atomic mass is 32.1. The summed E-state index contributed by atoms with van der Waals surface area (Å²) in [6.45, 7) is 14.7. The molecule has 0 saturated heterocycles. The van der Waals surface area contributed by atoms with Crippen molar-refractivity contribution in [3.8, 4) is 0 Å². The van der Waals surface area contributed by atoms with E-state index in [1.54, 1.807) is 11.3 Å². The molecule has 7 heteroatoms. The molecule has 2 N–H and O–H groups in total. The molecule has 6 nitrogen and oxygen atoms in total. The van der Waals surface area contributed by atoms with Gasteiger partial charge in [-0.1, -0.05) is 47.6 Å². The minimum Gasteiger partial charge on any atom is -0.465 e. The van der Waals surface area contributed by atoms with Gasteiger partial charge in [0.1, 0.15) is 0 Å². The summed E-state index contributed by atoms with van der Waals surface area (Å²) in [5, 5.41) is 19.6. The molecule has 0 fully saturated rings. The summed E-state index contributed by atoms with van der Waals surface area (Å²) in [5.41, 5.74) is 1.07. The van der Waals surface area contributed by atoms with E-state index in [0.717, 1.165) is 20.8 Å². The van der Waals surface area contributed by atoms with Crippen LogP contribution in [-0.4, -0.2) is 38.8 Å². The van der Waals surface area contributed by atoms with Crippen molar-refractivity contribution in [2.75, 3.05) is 6.54 Å². The van der Waals surface area contributed by atoms with E-state index in [4.69, 9.17) is 0 Å². The topological polar surface area (TPSA) is 90.7 Å². The van der Waals surface area contributed by atoms with Gasteiger partial charge in [-0.25, -0.2) is 19.5 Å². The summed E-state index contributed by atoms with van der Waals surface area (Å²) in [5.74, 6) is 0. The lowest BCUT2D eigenvalue weighted by atomic mass is 9.50. The second kappa shape index (κ2) is 7.35. The first-order valence-corrected chi connectivity index (χ1v) is 10.1. The largest absolute Gasteiger partial charge is 0.465 e. The van der Waals surface area contributed by atoms with Gasteiger partial charge < -0.3 is 10.2 Å². The summed E-state index contributed by atoms with van der Waals surface area (Å²) in [4.78, 5) is 27.8. The van der Waals surface area contributed by atoms with Crippen molar-refractivity contribution in [3.05, 3.63) is 28.8 Å². The number of amides is 2. The Hall–Kier alpha value is -2.15. The molecule has 2 amide bonds. The molecule has 0 bridgehead atoms. The molecule has 0 unspecified atom stereocenters. The lowest BCUT2D eigenvalue weighted by Gasteiger charge is -2.55. The van der Waals surface area contributed by atoms with E-state index in [1.165, 1.54) is 0 Å². The molecule has 0 atom stereocenters. The van der Waals surface area contributed by atoms with E-state index in [1.807, 2.05) is 13.0 Å². The van der Waals surface area contributed by atoms with Gasteiger partial charge in [-0.3, -0.25) is 0 Å².